The van der Waals surface area contributed by atoms with E-state index in [4.69, 9.17) is 11.6 Å². The smallest absolute Gasteiger partial charge is 0.307 e. The zero-order valence-electron chi connectivity index (χ0n) is 13.4. The highest BCUT2D eigenvalue weighted by atomic mass is 35.5. The van der Waals surface area contributed by atoms with E-state index in [9.17, 15) is 9.59 Å². The molecule has 0 saturated carbocycles. The summed E-state index contributed by atoms with van der Waals surface area (Å²) in [5.41, 5.74) is 6.50. The average molecular weight is 374 g/mol. The van der Waals surface area contributed by atoms with Gasteiger partial charge in [-0.05, 0) is 30.2 Å². The Hall–Kier alpha value is -2.57. The molecule has 7 heteroatoms. The summed E-state index contributed by atoms with van der Waals surface area (Å²) < 4.78 is 0.947. The summed E-state index contributed by atoms with van der Waals surface area (Å²) in [6.45, 7) is 2.07. The molecule has 0 radical (unpaired) electrons. The number of halogens is 1. The first-order valence-electron chi connectivity index (χ1n) is 7.71. The number of carbonyl (C=O) groups excluding carboxylic acids is 2. The van der Waals surface area contributed by atoms with E-state index in [1.165, 1.54) is 16.9 Å². The fourth-order valence-corrected chi connectivity index (χ4v) is 3.81. The van der Waals surface area contributed by atoms with E-state index in [-0.39, 0.29) is 0 Å². The van der Waals surface area contributed by atoms with Crippen LogP contribution in [0.25, 0.3) is 10.1 Å². The standard InChI is InChI=1S/C18H16ClN3O2S/c1-2-11-8-9-13-14(10-11)25-16(15(13)19)17(23)21-22-18(24)20-12-6-4-3-5-7-12/h3-10H,2H2,1H3,(H,21,23)(H2,20,22,24). The third-order valence-corrected chi connectivity index (χ3v) is 5.29. The summed E-state index contributed by atoms with van der Waals surface area (Å²) in [5.74, 6) is -0.451. The second kappa shape index (κ2) is 7.55. The van der Waals surface area contributed by atoms with Crippen LogP contribution in [-0.4, -0.2) is 11.9 Å². The van der Waals surface area contributed by atoms with Gasteiger partial charge in [0.05, 0.1) is 5.02 Å². The molecule has 2 aromatic carbocycles. The number of thiophene rings is 1. The molecule has 0 aliphatic rings. The molecule has 1 heterocycles. The van der Waals surface area contributed by atoms with E-state index in [0.29, 0.717) is 15.6 Å². The first kappa shape index (κ1) is 17.3. The third-order valence-electron chi connectivity index (χ3n) is 3.63. The Morgan fingerprint density at radius 3 is 2.56 bits per heavy atom. The van der Waals surface area contributed by atoms with Crippen LogP contribution in [0.4, 0.5) is 10.5 Å². The number of hydrogen-bond acceptors (Lipinski definition) is 3. The van der Waals surface area contributed by atoms with Crippen LogP contribution < -0.4 is 16.2 Å². The van der Waals surface area contributed by atoms with Gasteiger partial charge in [-0.15, -0.1) is 11.3 Å². The predicted octanol–water partition coefficient (Wildman–Crippen LogP) is 4.58. The van der Waals surface area contributed by atoms with Crippen molar-refractivity contribution in [1.29, 1.82) is 0 Å². The summed E-state index contributed by atoms with van der Waals surface area (Å²) >= 11 is 7.62. The second-order valence-corrected chi connectivity index (χ2v) is 6.76. The van der Waals surface area contributed by atoms with Gasteiger partial charge in [0.1, 0.15) is 4.88 Å². The van der Waals surface area contributed by atoms with Gasteiger partial charge in [-0.3, -0.25) is 10.2 Å². The van der Waals surface area contributed by atoms with Gasteiger partial charge in [0.15, 0.2) is 0 Å². The zero-order chi connectivity index (χ0) is 17.8. The number of urea groups is 1. The zero-order valence-corrected chi connectivity index (χ0v) is 15.0. The molecule has 0 aliphatic carbocycles. The number of anilines is 1. The van der Waals surface area contributed by atoms with Crippen LogP contribution in [0.15, 0.2) is 48.5 Å². The minimum atomic E-state index is -0.537. The molecule has 0 unspecified atom stereocenters. The maximum absolute atomic E-state index is 12.3. The minimum absolute atomic E-state index is 0.366. The minimum Gasteiger partial charge on any atom is -0.307 e. The molecule has 3 amide bonds. The van der Waals surface area contributed by atoms with Crippen LogP contribution in [0.1, 0.15) is 22.2 Å². The number of hydrazine groups is 1. The van der Waals surface area contributed by atoms with Gasteiger partial charge >= 0.3 is 6.03 Å². The van der Waals surface area contributed by atoms with Crippen molar-refractivity contribution in [3.8, 4) is 0 Å². The summed E-state index contributed by atoms with van der Waals surface area (Å²) in [6.07, 6.45) is 0.911. The van der Waals surface area contributed by atoms with Crippen molar-refractivity contribution >= 4 is 50.6 Å². The number of carbonyl (C=O) groups is 2. The van der Waals surface area contributed by atoms with Crippen LogP contribution in [0.3, 0.4) is 0 Å². The maximum atomic E-state index is 12.3. The van der Waals surface area contributed by atoms with Crippen molar-refractivity contribution < 1.29 is 9.59 Å². The number of aryl methyl sites for hydroxylation is 1. The predicted molar refractivity (Wildman–Crippen MR) is 102 cm³/mol. The Morgan fingerprint density at radius 2 is 1.84 bits per heavy atom. The van der Waals surface area contributed by atoms with Crippen molar-refractivity contribution in [3.05, 3.63) is 64.0 Å². The van der Waals surface area contributed by atoms with Crippen LogP contribution >= 0.6 is 22.9 Å². The lowest BCUT2D eigenvalue weighted by molar-refractivity contribution is 0.0942. The number of amides is 3. The number of para-hydroxylation sites is 1. The summed E-state index contributed by atoms with van der Waals surface area (Å²) in [6, 6.07) is 14.3. The van der Waals surface area contributed by atoms with E-state index >= 15 is 0 Å². The van der Waals surface area contributed by atoms with E-state index in [0.717, 1.165) is 16.5 Å². The van der Waals surface area contributed by atoms with Gasteiger partial charge in [0.25, 0.3) is 5.91 Å². The average Bonchev–Trinajstić information content (AvgIpc) is 2.96. The first-order valence-corrected chi connectivity index (χ1v) is 8.91. The van der Waals surface area contributed by atoms with Crippen LogP contribution in [0, 0.1) is 0 Å². The molecule has 25 heavy (non-hydrogen) atoms. The summed E-state index contributed by atoms with van der Waals surface area (Å²) in [4.78, 5) is 24.5. The van der Waals surface area contributed by atoms with E-state index < -0.39 is 11.9 Å². The number of benzene rings is 2. The van der Waals surface area contributed by atoms with Crippen molar-refractivity contribution in [2.75, 3.05) is 5.32 Å². The Kier molecular flexibility index (Phi) is 5.21. The van der Waals surface area contributed by atoms with Crippen LogP contribution in [0.2, 0.25) is 5.02 Å². The molecule has 0 atom stereocenters. The molecule has 0 aliphatic heterocycles. The van der Waals surface area contributed by atoms with E-state index in [1.54, 1.807) is 24.3 Å². The highest BCUT2D eigenvalue weighted by molar-refractivity contribution is 7.21. The SMILES string of the molecule is CCc1ccc2c(Cl)c(C(=O)NNC(=O)Nc3ccccc3)sc2c1. The maximum Gasteiger partial charge on any atom is 0.337 e. The largest absolute Gasteiger partial charge is 0.337 e. The van der Waals surface area contributed by atoms with Gasteiger partial charge in [-0.25, -0.2) is 10.2 Å². The lowest BCUT2D eigenvalue weighted by Crippen LogP contribution is -2.43. The Balaban J connectivity index is 1.68. The second-order valence-electron chi connectivity index (χ2n) is 5.33. The Labute approximate surface area is 154 Å². The lowest BCUT2D eigenvalue weighted by atomic mass is 10.1. The molecule has 0 bridgehead atoms. The first-order chi connectivity index (χ1) is 12.1. The molecule has 3 N–H and O–H groups in total. The quantitative estimate of drug-likeness (QED) is 0.588. The highest BCUT2D eigenvalue weighted by Gasteiger charge is 2.17. The molecule has 3 aromatic rings. The molecule has 0 fully saturated rings. The molecular formula is C18H16ClN3O2S. The number of rotatable bonds is 3. The van der Waals surface area contributed by atoms with Crippen molar-refractivity contribution in [1.82, 2.24) is 10.9 Å². The third kappa shape index (κ3) is 3.92. The van der Waals surface area contributed by atoms with Crippen LogP contribution in [-0.2, 0) is 6.42 Å². The molecule has 128 valence electrons. The fraction of sp³-hybridized carbons (Fsp3) is 0.111. The van der Waals surface area contributed by atoms with Gasteiger partial charge in [-0.2, -0.15) is 0 Å². The van der Waals surface area contributed by atoms with Crippen molar-refractivity contribution in [2.24, 2.45) is 0 Å². The van der Waals surface area contributed by atoms with Gasteiger partial charge in [-0.1, -0.05) is 48.9 Å². The van der Waals surface area contributed by atoms with Crippen molar-refractivity contribution in [2.45, 2.75) is 13.3 Å². The molecule has 0 spiro atoms. The Bertz CT molecular complexity index is 925. The molecular weight excluding hydrogens is 358 g/mol. The van der Waals surface area contributed by atoms with Gasteiger partial charge in [0, 0.05) is 15.8 Å². The van der Waals surface area contributed by atoms with Crippen molar-refractivity contribution in [3.63, 3.8) is 0 Å². The van der Waals surface area contributed by atoms with Gasteiger partial charge in [0.2, 0.25) is 0 Å². The molecule has 0 saturated heterocycles. The fourth-order valence-electron chi connectivity index (χ4n) is 2.33. The van der Waals surface area contributed by atoms with Gasteiger partial charge < -0.3 is 5.32 Å². The topological polar surface area (TPSA) is 70.2 Å². The Morgan fingerprint density at radius 1 is 1.08 bits per heavy atom. The van der Waals surface area contributed by atoms with E-state index in [2.05, 4.69) is 23.1 Å². The molecule has 3 rings (SSSR count). The monoisotopic (exact) mass is 373 g/mol. The highest BCUT2D eigenvalue weighted by Crippen LogP contribution is 2.35. The lowest BCUT2D eigenvalue weighted by Gasteiger charge is -2.08. The number of hydrogen-bond donors (Lipinski definition) is 3. The molecule has 5 nitrogen and oxygen atoms in total. The number of fused-ring (bicyclic) bond motifs is 1. The van der Waals surface area contributed by atoms with Crippen LogP contribution in [0.5, 0.6) is 0 Å². The van der Waals surface area contributed by atoms with E-state index in [1.807, 2.05) is 24.3 Å². The normalized spacial score (nSPS) is 10.5. The summed E-state index contributed by atoms with van der Waals surface area (Å²) in [7, 11) is 0. The molecule has 1 aromatic heterocycles. The number of nitrogens with one attached hydrogen (secondary N) is 3. The summed E-state index contributed by atoms with van der Waals surface area (Å²) in [5, 5.41) is 3.84.